The van der Waals surface area contributed by atoms with Crippen molar-refractivity contribution in [3.63, 3.8) is 0 Å². The van der Waals surface area contributed by atoms with Gasteiger partial charge < -0.3 is 5.32 Å². The van der Waals surface area contributed by atoms with Gasteiger partial charge in [0.05, 0.1) is 0 Å². The molecule has 2 aromatic rings. The zero-order chi connectivity index (χ0) is 12.1. The average molecular weight is 224 g/mol. The predicted octanol–water partition coefficient (Wildman–Crippen LogP) is 1.60. The number of nitrogens with zero attached hydrogens (tertiary/aromatic N) is 3. The maximum Gasteiger partial charge on any atom is 0.256 e. The van der Waals surface area contributed by atoms with Crippen molar-refractivity contribution >= 4 is 11.7 Å². The molecule has 0 bridgehead atoms. The molecule has 1 N–H and O–H groups in total. The number of amides is 1. The minimum atomic E-state index is -0.317. The number of pyridine rings is 2. The summed E-state index contributed by atoms with van der Waals surface area (Å²) in [6.07, 6.45) is 3.01. The van der Waals surface area contributed by atoms with Crippen LogP contribution in [-0.4, -0.2) is 15.9 Å². The second kappa shape index (κ2) is 4.86. The van der Waals surface area contributed by atoms with E-state index in [4.69, 9.17) is 5.26 Å². The number of aromatic nitrogens is 2. The highest BCUT2D eigenvalue weighted by Gasteiger charge is 2.07. The van der Waals surface area contributed by atoms with Gasteiger partial charge in [-0.1, -0.05) is 6.07 Å². The molecule has 0 atom stereocenters. The topological polar surface area (TPSA) is 78.7 Å². The molecule has 0 aromatic carbocycles. The molecule has 0 spiro atoms. The summed E-state index contributed by atoms with van der Waals surface area (Å²) >= 11 is 0. The first-order chi connectivity index (χ1) is 8.29. The van der Waals surface area contributed by atoms with Crippen molar-refractivity contribution in [2.75, 3.05) is 5.32 Å². The Labute approximate surface area is 97.8 Å². The van der Waals surface area contributed by atoms with Crippen molar-refractivity contribution in [3.05, 3.63) is 54.0 Å². The van der Waals surface area contributed by atoms with Crippen LogP contribution in [0.1, 0.15) is 16.1 Å². The van der Waals surface area contributed by atoms with Crippen molar-refractivity contribution in [3.8, 4) is 6.07 Å². The standard InChI is InChI=1S/C12H8N4O/c13-8-10-7-9(4-6-14-10)12(17)16-11-3-1-2-5-15-11/h1-7H,(H,15,16,17). The number of hydrogen-bond donors (Lipinski definition) is 1. The molecule has 0 aliphatic carbocycles. The van der Waals surface area contributed by atoms with Crippen molar-refractivity contribution < 1.29 is 4.79 Å². The zero-order valence-electron chi connectivity index (χ0n) is 8.79. The lowest BCUT2D eigenvalue weighted by molar-refractivity contribution is 0.102. The monoisotopic (exact) mass is 224 g/mol. The predicted molar refractivity (Wildman–Crippen MR) is 61.1 cm³/mol. The molecular weight excluding hydrogens is 216 g/mol. The van der Waals surface area contributed by atoms with Crippen LogP contribution in [0.25, 0.3) is 0 Å². The summed E-state index contributed by atoms with van der Waals surface area (Å²) in [6.45, 7) is 0. The molecule has 2 rings (SSSR count). The Bertz CT molecular complexity index is 575. The highest BCUT2D eigenvalue weighted by molar-refractivity contribution is 6.03. The van der Waals surface area contributed by atoms with Crippen LogP contribution in [0, 0.1) is 11.3 Å². The molecule has 5 heteroatoms. The fourth-order valence-corrected chi connectivity index (χ4v) is 1.26. The lowest BCUT2D eigenvalue weighted by atomic mass is 10.2. The summed E-state index contributed by atoms with van der Waals surface area (Å²) in [5, 5.41) is 11.3. The number of anilines is 1. The van der Waals surface area contributed by atoms with Gasteiger partial charge in [0.15, 0.2) is 0 Å². The highest BCUT2D eigenvalue weighted by atomic mass is 16.1. The lowest BCUT2D eigenvalue weighted by Gasteiger charge is -2.03. The second-order valence-corrected chi connectivity index (χ2v) is 3.21. The largest absolute Gasteiger partial charge is 0.307 e. The smallest absolute Gasteiger partial charge is 0.256 e. The molecule has 0 aliphatic rings. The Morgan fingerprint density at radius 1 is 1.24 bits per heavy atom. The Morgan fingerprint density at radius 2 is 2.12 bits per heavy atom. The summed E-state index contributed by atoms with van der Waals surface area (Å²) in [5.74, 6) is 0.149. The fourth-order valence-electron chi connectivity index (χ4n) is 1.26. The van der Waals surface area contributed by atoms with Gasteiger partial charge in [0.1, 0.15) is 17.6 Å². The summed E-state index contributed by atoms with van der Waals surface area (Å²) in [4.78, 5) is 19.6. The van der Waals surface area contributed by atoms with Crippen LogP contribution in [0.15, 0.2) is 42.7 Å². The van der Waals surface area contributed by atoms with Crippen LogP contribution in [0.4, 0.5) is 5.82 Å². The molecule has 17 heavy (non-hydrogen) atoms. The average Bonchev–Trinajstić information content (AvgIpc) is 2.40. The highest BCUT2D eigenvalue weighted by Crippen LogP contribution is 2.06. The van der Waals surface area contributed by atoms with Crippen LogP contribution in [0.5, 0.6) is 0 Å². The van der Waals surface area contributed by atoms with Gasteiger partial charge in [-0.3, -0.25) is 4.79 Å². The molecule has 0 aliphatic heterocycles. The first-order valence-electron chi connectivity index (χ1n) is 4.88. The molecule has 0 radical (unpaired) electrons. The SMILES string of the molecule is N#Cc1cc(C(=O)Nc2ccccn2)ccn1. The third kappa shape index (κ3) is 2.63. The van der Waals surface area contributed by atoms with Crippen LogP contribution in [-0.2, 0) is 0 Å². The summed E-state index contributed by atoms with van der Waals surface area (Å²) in [5.41, 5.74) is 0.584. The first kappa shape index (κ1) is 10.8. The van der Waals surface area contributed by atoms with Gasteiger partial charge in [0.25, 0.3) is 5.91 Å². The van der Waals surface area contributed by atoms with E-state index in [-0.39, 0.29) is 11.6 Å². The molecule has 82 valence electrons. The van der Waals surface area contributed by atoms with Crippen LogP contribution >= 0.6 is 0 Å². The van der Waals surface area contributed by atoms with E-state index in [0.29, 0.717) is 11.4 Å². The van der Waals surface area contributed by atoms with Gasteiger partial charge in [-0.2, -0.15) is 5.26 Å². The van der Waals surface area contributed by atoms with Crippen LogP contribution < -0.4 is 5.32 Å². The fraction of sp³-hybridized carbons (Fsp3) is 0. The Hall–Kier alpha value is -2.74. The lowest BCUT2D eigenvalue weighted by Crippen LogP contribution is -2.13. The maximum atomic E-state index is 11.8. The van der Waals surface area contributed by atoms with Gasteiger partial charge >= 0.3 is 0 Å². The van der Waals surface area contributed by atoms with Crippen molar-refractivity contribution in [1.29, 1.82) is 5.26 Å². The number of rotatable bonds is 2. The molecule has 5 nitrogen and oxygen atoms in total. The number of carbonyl (C=O) groups excluding carboxylic acids is 1. The quantitative estimate of drug-likeness (QED) is 0.840. The van der Waals surface area contributed by atoms with Gasteiger partial charge in [-0.15, -0.1) is 0 Å². The molecule has 0 fully saturated rings. The minimum Gasteiger partial charge on any atom is -0.307 e. The van der Waals surface area contributed by atoms with E-state index in [0.717, 1.165) is 0 Å². The molecule has 2 aromatic heterocycles. The maximum absolute atomic E-state index is 11.8. The normalized spacial score (nSPS) is 9.35. The van der Waals surface area contributed by atoms with Gasteiger partial charge in [0, 0.05) is 18.0 Å². The molecule has 0 saturated carbocycles. The van der Waals surface area contributed by atoms with Crippen molar-refractivity contribution in [1.82, 2.24) is 9.97 Å². The Balaban J connectivity index is 2.18. The minimum absolute atomic E-state index is 0.207. The van der Waals surface area contributed by atoms with E-state index in [1.54, 1.807) is 30.5 Å². The van der Waals surface area contributed by atoms with Gasteiger partial charge in [-0.25, -0.2) is 9.97 Å². The van der Waals surface area contributed by atoms with E-state index in [9.17, 15) is 4.79 Å². The second-order valence-electron chi connectivity index (χ2n) is 3.21. The number of carbonyl (C=O) groups is 1. The number of nitriles is 1. The van der Waals surface area contributed by atoms with E-state index in [1.165, 1.54) is 12.3 Å². The van der Waals surface area contributed by atoms with Crippen molar-refractivity contribution in [2.24, 2.45) is 0 Å². The number of nitrogens with one attached hydrogen (secondary N) is 1. The van der Waals surface area contributed by atoms with E-state index < -0.39 is 0 Å². The molecule has 0 unspecified atom stereocenters. The molecular formula is C12H8N4O. The molecule has 1 amide bonds. The van der Waals surface area contributed by atoms with E-state index in [2.05, 4.69) is 15.3 Å². The molecule has 0 saturated heterocycles. The van der Waals surface area contributed by atoms with Crippen LogP contribution in [0.2, 0.25) is 0 Å². The first-order valence-corrected chi connectivity index (χ1v) is 4.88. The summed E-state index contributed by atoms with van der Waals surface area (Å²) in [6, 6.07) is 10.1. The third-order valence-corrected chi connectivity index (χ3v) is 2.04. The summed E-state index contributed by atoms with van der Waals surface area (Å²) in [7, 11) is 0. The van der Waals surface area contributed by atoms with E-state index in [1.807, 2.05) is 6.07 Å². The van der Waals surface area contributed by atoms with Gasteiger partial charge in [0.2, 0.25) is 0 Å². The third-order valence-electron chi connectivity index (χ3n) is 2.04. The van der Waals surface area contributed by atoms with Crippen molar-refractivity contribution in [2.45, 2.75) is 0 Å². The van der Waals surface area contributed by atoms with Gasteiger partial charge in [-0.05, 0) is 24.3 Å². The van der Waals surface area contributed by atoms with E-state index >= 15 is 0 Å². The Kier molecular flexibility index (Phi) is 3.08. The summed E-state index contributed by atoms with van der Waals surface area (Å²) < 4.78 is 0. The molecule has 2 heterocycles. The number of hydrogen-bond acceptors (Lipinski definition) is 4. The zero-order valence-corrected chi connectivity index (χ0v) is 8.79. The Morgan fingerprint density at radius 3 is 2.82 bits per heavy atom. The van der Waals surface area contributed by atoms with Crippen LogP contribution in [0.3, 0.4) is 0 Å².